The first-order valence-electron chi connectivity index (χ1n) is 8.38. The second kappa shape index (κ2) is 8.81. The van der Waals surface area contributed by atoms with E-state index in [4.69, 9.17) is 21.7 Å². The van der Waals surface area contributed by atoms with Gasteiger partial charge < -0.3 is 14.8 Å². The summed E-state index contributed by atoms with van der Waals surface area (Å²) >= 11 is 6.74. The number of ether oxygens (including phenoxy) is 2. The first-order chi connectivity index (χ1) is 13.5. The molecule has 0 bridgehead atoms. The maximum atomic E-state index is 12.5. The lowest BCUT2D eigenvalue weighted by molar-refractivity contribution is 0.0977. The molecule has 0 radical (unpaired) electrons. The van der Waals surface area contributed by atoms with E-state index in [1.165, 1.54) is 25.6 Å². The molecule has 3 rings (SSSR count). The Morgan fingerprint density at radius 3 is 2.32 bits per heavy atom. The number of amides is 1. The minimum absolute atomic E-state index is 0.167. The Bertz CT molecular complexity index is 981. The molecule has 1 aromatic heterocycles. The molecule has 1 heterocycles. The highest BCUT2D eigenvalue weighted by molar-refractivity contribution is 7.80. The number of carbonyl (C=O) groups excluding carboxylic acids is 1. The number of thiazole rings is 1. The highest BCUT2D eigenvalue weighted by Crippen LogP contribution is 2.30. The van der Waals surface area contributed by atoms with Gasteiger partial charge in [0.1, 0.15) is 11.5 Å². The van der Waals surface area contributed by atoms with Crippen molar-refractivity contribution >= 4 is 39.7 Å². The summed E-state index contributed by atoms with van der Waals surface area (Å²) in [4.78, 5) is 18.1. The number of anilines is 1. The molecule has 0 aliphatic rings. The third kappa shape index (κ3) is 4.65. The zero-order valence-corrected chi connectivity index (χ0v) is 17.2. The lowest BCUT2D eigenvalue weighted by atomic mass is 10.1. The summed E-state index contributed by atoms with van der Waals surface area (Å²) < 4.78 is 10.4. The van der Waals surface area contributed by atoms with Gasteiger partial charge in [-0.2, -0.15) is 0 Å². The summed E-state index contributed by atoms with van der Waals surface area (Å²) in [7, 11) is 3.05. The number of thiocarbonyl (C=S) groups is 1. The lowest BCUT2D eigenvalue weighted by Crippen LogP contribution is -2.34. The van der Waals surface area contributed by atoms with E-state index in [0.29, 0.717) is 22.2 Å². The van der Waals surface area contributed by atoms with Crippen LogP contribution in [-0.2, 0) is 0 Å². The van der Waals surface area contributed by atoms with Crippen molar-refractivity contribution in [2.24, 2.45) is 0 Å². The largest absolute Gasteiger partial charge is 0.497 e. The van der Waals surface area contributed by atoms with Gasteiger partial charge >= 0.3 is 0 Å². The average molecular weight is 414 g/mol. The molecule has 144 valence electrons. The Morgan fingerprint density at radius 1 is 1.07 bits per heavy atom. The quantitative estimate of drug-likeness (QED) is 0.609. The number of rotatable bonds is 5. The number of hydrogen-bond donors (Lipinski definition) is 2. The van der Waals surface area contributed by atoms with Crippen LogP contribution in [0.2, 0.25) is 0 Å². The molecule has 0 spiro atoms. The van der Waals surface area contributed by atoms with Gasteiger partial charge in [0.05, 0.1) is 19.9 Å². The number of nitrogens with zero attached hydrogens (tertiary/aromatic N) is 1. The van der Waals surface area contributed by atoms with Crippen LogP contribution in [0.1, 0.15) is 15.2 Å². The maximum absolute atomic E-state index is 12.5. The summed E-state index contributed by atoms with van der Waals surface area (Å²) in [6.45, 7) is 2.00. The van der Waals surface area contributed by atoms with Crippen molar-refractivity contribution in [3.05, 3.63) is 59.0 Å². The Morgan fingerprint density at radius 2 is 1.71 bits per heavy atom. The molecule has 8 heteroatoms. The summed E-state index contributed by atoms with van der Waals surface area (Å²) in [5, 5.41) is 6.41. The molecule has 2 N–H and O–H groups in total. The molecular formula is C20H19N3O3S2. The van der Waals surface area contributed by atoms with Crippen LogP contribution in [0.15, 0.2) is 48.5 Å². The van der Waals surface area contributed by atoms with Crippen LogP contribution in [0.25, 0.3) is 11.3 Å². The van der Waals surface area contributed by atoms with Crippen molar-refractivity contribution in [2.45, 2.75) is 6.92 Å². The summed E-state index contributed by atoms with van der Waals surface area (Å²) in [6, 6.07) is 14.8. The van der Waals surface area contributed by atoms with Gasteiger partial charge in [0.2, 0.25) is 0 Å². The molecule has 0 aliphatic heterocycles. The molecule has 0 saturated heterocycles. The van der Waals surface area contributed by atoms with Crippen LogP contribution in [0.5, 0.6) is 11.5 Å². The van der Waals surface area contributed by atoms with Crippen LogP contribution < -0.4 is 20.1 Å². The average Bonchev–Trinajstić information content (AvgIpc) is 3.07. The van der Waals surface area contributed by atoms with Crippen LogP contribution >= 0.6 is 23.6 Å². The van der Waals surface area contributed by atoms with Crippen molar-refractivity contribution in [1.29, 1.82) is 0 Å². The fourth-order valence-corrected chi connectivity index (χ4v) is 3.65. The second-order valence-corrected chi connectivity index (χ2v) is 7.41. The monoisotopic (exact) mass is 413 g/mol. The second-order valence-electron chi connectivity index (χ2n) is 5.80. The number of aromatic nitrogens is 1. The van der Waals surface area contributed by atoms with E-state index in [0.717, 1.165) is 16.1 Å². The van der Waals surface area contributed by atoms with Gasteiger partial charge in [-0.15, -0.1) is 11.3 Å². The first-order valence-corrected chi connectivity index (χ1v) is 9.61. The number of carbonyl (C=O) groups is 1. The topological polar surface area (TPSA) is 72.5 Å². The van der Waals surface area contributed by atoms with Gasteiger partial charge in [-0.3, -0.25) is 10.1 Å². The van der Waals surface area contributed by atoms with Crippen molar-refractivity contribution < 1.29 is 14.3 Å². The van der Waals surface area contributed by atoms with Gasteiger partial charge in [-0.1, -0.05) is 30.3 Å². The third-order valence-electron chi connectivity index (χ3n) is 3.90. The predicted molar refractivity (Wildman–Crippen MR) is 116 cm³/mol. The third-order valence-corrected chi connectivity index (χ3v) is 5.00. The Labute approximate surface area is 172 Å². The van der Waals surface area contributed by atoms with E-state index in [1.54, 1.807) is 18.2 Å². The highest BCUT2D eigenvalue weighted by atomic mass is 32.1. The van der Waals surface area contributed by atoms with Crippen molar-refractivity contribution in [1.82, 2.24) is 10.3 Å². The van der Waals surface area contributed by atoms with Crippen molar-refractivity contribution in [3.63, 3.8) is 0 Å². The lowest BCUT2D eigenvalue weighted by Gasteiger charge is -2.10. The summed E-state index contributed by atoms with van der Waals surface area (Å²) in [5.74, 6) is 0.670. The summed E-state index contributed by atoms with van der Waals surface area (Å²) in [5.41, 5.74) is 2.29. The molecule has 0 unspecified atom stereocenters. The minimum Gasteiger partial charge on any atom is -0.497 e. The van der Waals surface area contributed by atoms with Gasteiger partial charge in [-0.05, 0) is 31.3 Å². The van der Waals surface area contributed by atoms with E-state index in [9.17, 15) is 4.79 Å². The van der Waals surface area contributed by atoms with E-state index in [2.05, 4.69) is 15.6 Å². The molecule has 0 atom stereocenters. The van der Waals surface area contributed by atoms with Crippen molar-refractivity contribution in [3.8, 4) is 22.8 Å². The van der Waals surface area contributed by atoms with E-state index < -0.39 is 0 Å². The normalized spacial score (nSPS) is 10.2. The maximum Gasteiger partial charge on any atom is 0.257 e. The number of nitrogens with one attached hydrogen (secondary N) is 2. The standard InChI is InChI=1S/C20H19N3O3S2/c1-12-17(13-7-5-4-6-8-13)21-20(28-12)23-19(27)22-18(24)14-9-15(25-2)11-16(10-14)26-3/h4-11H,1-3H3,(H2,21,22,23,24,27). The van der Waals surface area contributed by atoms with Gasteiger partial charge in [-0.25, -0.2) is 4.98 Å². The van der Waals surface area contributed by atoms with E-state index in [1.807, 2.05) is 37.3 Å². The van der Waals surface area contributed by atoms with E-state index in [-0.39, 0.29) is 11.0 Å². The molecule has 1 amide bonds. The first kappa shape index (κ1) is 19.8. The fraction of sp³-hybridized carbons (Fsp3) is 0.150. The molecule has 0 saturated carbocycles. The molecule has 0 fully saturated rings. The van der Waals surface area contributed by atoms with Crippen LogP contribution in [0, 0.1) is 6.92 Å². The molecular weight excluding hydrogens is 394 g/mol. The van der Waals surface area contributed by atoms with Crippen molar-refractivity contribution in [2.75, 3.05) is 19.5 Å². The highest BCUT2D eigenvalue weighted by Gasteiger charge is 2.14. The Hall–Kier alpha value is -2.97. The smallest absolute Gasteiger partial charge is 0.257 e. The molecule has 28 heavy (non-hydrogen) atoms. The minimum atomic E-state index is -0.369. The molecule has 6 nitrogen and oxygen atoms in total. The number of benzene rings is 2. The van der Waals surface area contributed by atoms with Crippen LogP contribution in [0.4, 0.5) is 5.13 Å². The van der Waals surface area contributed by atoms with Crippen LogP contribution in [0.3, 0.4) is 0 Å². The summed E-state index contributed by atoms with van der Waals surface area (Å²) in [6.07, 6.45) is 0. The molecule has 0 aliphatic carbocycles. The zero-order valence-electron chi connectivity index (χ0n) is 15.6. The Kier molecular flexibility index (Phi) is 6.23. The Balaban J connectivity index is 1.70. The van der Waals surface area contributed by atoms with Gasteiger partial charge in [0, 0.05) is 22.1 Å². The van der Waals surface area contributed by atoms with Gasteiger partial charge in [0.25, 0.3) is 5.91 Å². The SMILES string of the molecule is COc1cc(OC)cc(C(=O)NC(=S)Nc2nc(-c3ccccc3)c(C)s2)c1. The zero-order chi connectivity index (χ0) is 20.1. The van der Waals surface area contributed by atoms with Gasteiger partial charge in [0.15, 0.2) is 10.2 Å². The van der Waals surface area contributed by atoms with Crippen LogP contribution in [-0.4, -0.2) is 30.2 Å². The molecule has 3 aromatic rings. The number of hydrogen-bond acceptors (Lipinski definition) is 6. The predicted octanol–water partition coefficient (Wildman–Crippen LogP) is 4.26. The number of methoxy groups -OCH3 is 2. The van der Waals surface area contributed by atoms with E-state index >= 15 is 0 Å². The molecule has 2 aromatic carbocycles. The fourth-order valence-electron chi connectivity index (χ4n) is 2.56. The number of aryl methyl sites for hydroxylation is 1.